The maximum Gasteiger partial charge on any atom is 0.119 e. The van der Waals surface area contributed by atoms with Gasteiger partial charge in [-0.2, -0.15) is 0 Å². The van der Waals surface area contributed by atoms with Crippen LogP contribution >= 0.6 is 11.8 Å². The van der Waals surface area contributed by atoms with E-state index in [-0.39, 0.29) is 6.04 Å². The average molecular weight is 303 g/mol. The van der Waals surface area contributed by atoms with Crippen molar-refractivity contribution < 1.29 is 4.74 Å². The zero-order valence-electron chi connectivity index (χ0n) is 12.5. The van der Waals surface area contributed by atoms with Crippen molar-refractivity contribution in [2.75, 3.05) is 18.9 Å². The van der Waals surface area contributed by atoms with Gasteiger partial charge < -0.3 is 10.1 Å². The van der Waals surface area contributed by atoms with Crippen LogP contribution in [0.1, 0.15) is 25.5 Å². The summed E-state index contributed by atoms with van der Waals surface area (Å²) >= 11 is 1.71. The van der Waals surface area contributed by atoms with Gasteiger partial charge in [-0.1, -0.05) is 19.1 Å². The maximum absolute atomic E-state index is 5.49. The van der Waals surface area contributed by atoms with Crippen molar-refractivity contribution in [1.82, 2.24) is 15.3 Å². The molecule has 0 aliphatic rings. The number of thioether (sulfide) groups is 1. The molecule has 0 saturated heterocycles. The van der Waals surface area contributed by atoms with E-state index in [1.807, 2.05) is 19.1 Å². The molecule has 1 aromatic heterocycles. The van der Waals surface area contributed by atoms with E-state index in [4.69, 9.17) is 4.74 Å². The fraction of sp³-hybridized carbons (Fsp3) is 0.375. The Labute approximate surface area is 130 Å². The summed E-state index contributed by atoms with van der Waals surface area (Å²) in [5.74, 6) is 1.83. The molecule has 0 bridgehead atoms. The summed E-state index contributed by atoms with van der Waals surface area (Å²) in [7, 11) is 0. The fourth-order valence-corrected chi connectivity index (χ4v) is 2.93. The summed E-state index contributed by atoms with van der Waals surface area (Å²) in [4.78, 5) is 8.39. The third-order valence-electron chi connectivity index (χ3n) is 2.98. The van der Waals surface area contributed by atoms with Gasteiger partial charge in [0.25, 0.3) is 0 Å². The second-order valence-electron chi connectivity index (χ2n) is 4.47. The molecule has 1 N–H and O–H groups in total. The molecule has 1 atom stereocenters. The van der Waals surface area contributed by atoms with Crippen LogP contribution in [0.5, 0.6) is 5.75 Å². The van der Waals surface area contributed by atoms with Gasteiger partial charge in [-0.3, -0.25) is 4.98 Å². The van der Waals surface area contributed by atoms with Crippen LogP contribution in [0.15, 0.2) is 47.9 Å². The van der Waals surface area contributed by atoms with E-state index < -0.39 is 0 Å². The topological polar surface area (TPSA) is 47.0 Å². The third-order valence-corrected chi connectivity index (χ3v) is 3.99. The first kappa shape index (κ1) is 15.8. The van der Waals surface area contributed by atoms with Gasteiger partial charge in [0.15, 0.2) is 0 Å². The molecular weight excluding hydrogens is 282 g/mol. The van der Waals surface area contributed by atoms with Gasteiger partial charge >= 0.3 is 0 Å². The minimum Gasteiger partial charge on any atom is -0.494 e. The summed E-state index contributed by atoms with van der Waals surface area (Å²) in [5.41, 5.74) is 1.26. The maximum atomic E-state index is 5.49. The molecule has 0 aliphatic carbocycles. The Morgan fingerprint density at radius 3 is 2.62 bits per heavy atom. The highest BCUT2D eigenvalue weighted by Crippen LogP contribution is 2.24. The van der Waals surface area contributed by atoms with Crippen LogP contribution < -0.4 is 10.1 Å². The first-order valence-electron chi connectivity index (χ1n) is 7.18. The number of nitrogens with one attached hydrogen (secondary N) is 1. The third kappa shape index (κ3) is 5.02. The van der Waals surface area contributed by atoms with E-state index in [9.17, 15) is 0 Å². The molecule has 1 unspecified atom stereocenters. The Hall–Kier alpha value is -1.59. The lowest BCUT2D eigenvalue weighted by molar-refractivity contribution is 0.340. The van der Waals surface area contributed by atoms with Gasteiger partial charge in [0.1, 0.15) is 10.8 Å². The summed E-state index contributed by atoms with van der Waals surface area (Å²) in [5, 5.41) is 4.46. The standard InChI is InChI=1S/C16H21N3OS/c1-3-18-15(12-21-16-11-17-9-10-19-16)13-5-7-14(8-6-13)20-4-2/h5-11,15,18H,3-4,12H2,1-2H3. The smallest absolute Gasteiger partial charge is 0.119 e. The predicted octanol–water partition coefficient (Wildman–Crippen LogP) is 3.32. The lowest BCUT2D eigenvalue weighted by atomic mass is 10.1. The second kappa shape index (κ2) is 8.64. The SMILES string of the molecule is CCNC(CSc1cnccn1)c1ccc(OCC)cc1. The normalized spacial score (nSPS) is 12.1. The van der Waals surface area contributed by atoms with Crippen molar-refractivity contribution in [3.05, 3.63) is 48.4 Å². The molecule has 21 heavy (non-hydrogen) atoms. The number of ether oxygens (including phenoxy) is 1. The van der Waals surface area contributed by atoms with Gasteiger partial charge in [0.05, 0.1) is 12.8 Å². The van der Waals surface area contributed by atoms with E-state index in [0.717, 1.165) is 23.1 Å². The van der Waals surface area contributed by atoms with Crippen LogP contribution in [0.2, 0.25) is 0 Å². The number of nitrogens with zero attached hydrogens (tertiary/aromatic N) is 2. The lowest BCUT2D eigenvalue weighted by Crippen LogP contribution is -2.22. The second-order valence-corrected chi connectivity index (χ2v) is 5.51. The van der Waals surface area contributed by atoms with Crippen molar-refractivity contribution >= 4 is 11.8 Å². The molecule has 5 heteroatoms. The monoisotopic (exact) mass is 303 g/mol. The summed E-state index contributed by atoms with van der Waals surface area (Å²) in [6.07, 6.45) is 5.21. The molecule has 0 amide bonds. The molecule has 1 heterocycles. The molecular formula is C16H21N3OS. The first-order chi connectivity index (χ1) is 10.3. The molecule has 0 saturated carbocycles. The van der Waals surface area contributed by atoms with E-state index in [0.29, 0.717) is 6.61 Å². The Kier molecular flexibility index (Phi) is 6.50. The molecule has 112 valence electrons. The molecule has 0 fully saturated rings. The lowest BCUT2D eigenvalue weighted by Gasteiger charge is -2.18. The van der Waals surface area contributed by atoms with E-state index >= 15 is 0 Å². The van der Waals surface area contributed by atoms with Gasteiger partial charge in [-0.25, -0.2) is 4.98 Å². The minimum absolute atomic E-state index is 0.290. The Morgan fingerprint density at radius 2 is 2.00 bits per heavy atom. The highest BCUT2D eigenvalue weighted by molar-refractivity contribution is 7.99. The summed E-state index contributed by atoms with van der Waals surface area (Å²) < 4.78 is 5.49. The van der Waals surface area contributed by atoms with Gasteiger partial charge in [0.2, 0.25) is 0 Å². The van der Waals surface area contributed by atoms with Crippen molar-refractivity contribution in [2.45, 2.75) is 24.9 Å². The number of hydrogen-bond donors (Lipinski definition) is 1. The number of hydrogen-bond acceptors (Lipinski definition) is 5. The van der Waals surface area contributed by atoms with Crippen molar-refractivity contribution in [3.63, 3.8) is 0 Å². The summed E-state index contributed by atoms with van der Waals surface area (Å²) in [6.45, 7) is 5.73. The number of benzene rings is 1. The number of rotatable bonds is 8. The molecule has 4 nitrogen and oxygen atoms in total. The molecule has 0 radical (unpaired) electrons. The highest BCUT2D eigenvalue weighted by atomic mass is 32.2. The van der Waals surface area contributed by atoms with E-state index in [2.05, 4.69) is 34.3 Å². The van der Waals surface area contributed by atoms with Crippen molar-refractivity contribution in [3.8, 4) is 5.75 Å². The molecule has 2 aromatic rings. The van der Waals surface area contributed by atoms with Crippen molar-refractivity contribution in [2.24, 2.45) is 0 Å². The van der Waals surface area contributed by atoms with Crippen LogP contribution in [0.25, 0.3) is 0 Å². The van der Waals surface area contributed by atoms with Crippen LogP contribution in [-0.2, 0) is 0 Å². The zero-order valence-corrected chi connectivity index (χ0v) is 13.3. The predicted molar refractivity (Wildman–Crippen MR) is 86.8 cm³/mol. The average Bonchev–Trinajstić information content (AvgIpc) is 2.54. The number of aromatic nitrogens is 2. The Bertz CT molecular complexity index is 519. The minimum atomic E-state index is 0.290. The van der Waals surface area contributed by atoms with Crippen LogP contribution in [-0.4, -0.2) is 28.9 Å². The van der Waals surface area contributed by atoms with Gasteiger partial charge in [-0.15, -0.1) is 11.8 Å². The van der Waals surface area contributed by atoms with Crippen LogP contribution in [0, 0.1) is 0 Å². The summed E-state index contributed by atoms with van der Waals surface area (Å²) in [6, 6.07) is 8.58. The van der Waals surface area contributed by atoms with Crippen molar-refractivity contribution in [1.29, 1.82) is 0 Å². The molecule has 1 aromatic carbocycles. The molecule has 0 spiro atoms. The van der Waals surface area contributed by atoms with Crippen LogP contribution in [0.3, 0.4) is 0 Å². The van der Waals surface area contributed by atoms with Crippen LogP contribution in [0.4, 0.5) is 0 Å². The van der Waals surface area contributed by atoms with E-state index in [1.165, 1.54) is 5.56 Å². The van der Waals surface area contributed by atoms with Gasteiger partial charge in [0, 0.05) is 24.2 Å². The molecule has 2 rings (SSSR count). The first-order valence-corrected chi connectivity index (χ1v) is 8.17. The fourth-order valence-electron chi connectivity index (χ4n) is 2.01. The van der Waals surface area contributed by atoms with E-state index in [1.54, 1.807) is 30.4 Å². The molecule has 0 aliphatic heterocycles. The van der Waals surface area contributed by atoms with Gasteiger partial charge in [-0.05, 0) is 31.2 Å². The quantitative estimate of drug-likeness (QED) is 0.758. The Balaban J connectivity index is 2.00. The largest absolute Gasteiger partial charge is 0.494 e. The zero-order chi connectivity index (χ0) is 14.9. The Morgan fingerprint density at radius 1 is 1.19 bits per heavy atom. The highest BCUT2D eigenvalue weighted by Gasteiger charge is 2.11.